The van der Waals surface area contributed by atoms with Gasteiger partial charge in [-0.2, -0.15) is 4.39 Å². The Hall–Kier alpha value is -2.00. The predicted molar refractivity (Wildman–Crippen MR) is 86.9 cm³/mol. The highest BCUT2D eigenvalue weighted by molar-refractivity contribution is 6.30. The standard InChI is InChI=1S/C16H16ClFN2O5/c17-10-3-1-2-9(4-10)8-24-12-5-14(25-13(12)7-21)20-6-11(18)15(22)19-16(20)23/h1-4,6,12-14,21H,5,7-8H2,(H,19,22,23)/t12-,13+,14+/m0/s1. The minimum absolute atomic E-state index is 0.219. The summed E-state index contributed by atoms with van der Waals surface area (Å²) in [5.74, 6) is -1.09. The molecule has 25 heavy (non-hydrogen) atoms. The van der Waals surface area contributed by atoms with Crippen LogP contribution in [0, 0.1) is 5.82 Å². The number of aliphatic hydroxyl groups is 1. The summed E-state index contributed by atoms with van der Waals surface area (Å²) in [6.45, 7) is -0.0794. The molecule has 2 N–H and O–H groups in total. The highest BCUT2D eigenvalue weighted by atomic mass is 35.5. The average Bonchev–Trinajstić information content (AvgIpc) is 2.99. The van der Waals surface area contributed by atoms with E-state index in [0.29, 0.717) is 5.02 Å². The molecule has 9 heteroatoms. The number of aromatic nitrogens is 2. The van der Waals surface area contributed by atoms with E-state index in [2.05, 4.69) is 0 Å². The van der Waals surface area contributed by atoms with E-state index in [0.717, 1.165) is 16.3 Å². The van der Waals surface area contributed by atoms with Gasteiger partial charge in [-0.15, -0.1) is 0 Å². The zero-order chi connectivity index (χ0) is 18.0. The van der Waals surface area contributed by atoms with E-state index in [1.165, 1.54) is 0 Å². The summed E-state index contributed by atoms with van der Waals surface area (Å²) in [6.07, 6.45) is -1.01. The topological polar surface area (TPSA) is 93.6 Å². The summed E-state index contributed by atoms with van der Waals surface area (Å²) in [5, 5.41) is 10.0. The molecule has 3 rings (SSSR count). The van der Waals surface area contributed by atoms with E-state index in [9.17, 15) is 19.1 Å². The Labute approximate surface area is 146 Å². The van der Waals surface area contributed by atoms with Crippen molar-refractivity contribution in [2.75, 3.05) is 6.61 Å². The molecule has 3 atom stereocenters. The van der Waals surface area contributed by atoms with Crippen molar-refractivity contribution in [3.05, 3.63) is 67.7 Å². The summed E-state index contributed by atoms with van der Waals surface area (Å²) < 4.78 is 25.7. The van der Waals surface area contributed by atoms with Crippen molar-refractivity contribution < 1.29 is 19.0 Å². The molecule has 134 valence electrons. The number of hydrogen-bond donors (Lipinski definition) is 2. The lowest BCUT2D eigenvalue weighted by Gasteiger charge is -2.16. The molecule has 0 aliphatic carbocycles. The van der Waals surface area contributed by atoms with E-state index in [1.807, 2.05) is 11.1 Å². The SMILES string of the molecule is O=c1[nH]c(=O)n([C@H]2C[C@H](OCc3cccc(Cl)c3)[C@@H](CO)O2)cc1F. The summed E-state index contributed by atoms with van der Waals surface area (Å²) >= 11 is 5.92. The molecule has 1 aliphatic rings. The smallest absolute Gasteiger partial charge is 0.330 e. The Balaban J connectivity index is 1.73. The van der Waals surface area contributed by atoms with Crippen LogP contribution in [0.1, 0.15) is 18.2 Å². The molecule has 0 unspecified atom stereocenters. The van der Waals surface area contributed by atoms with Crippen molar-refractivity contribution in [1.29, 1.82) is 0 Å². The van der Waals surface area contributed by atoms with Gasteiger partial charge in [0, 0.05) is 11.4 Å². The monoisotopic (exact) mass is 370 g/mol. The summed E-state index contributed by atoms with van der Waals surface area (Å²) in [5.41, 5.74) is -1.03. The van der Waals surface area contributed by atoms with Gasteiger partial charge in [-0.1, -0.05) is 23.7 Å². The van der Waals surface area contributed by atoms with Crippen molar-refractivity contribution in [3.63, 3.8) is 0 Å². The van der Waals surface area contributed by atoms with Crippen LogP contribution in [0.3, 0.4) is 0 Å². The number of aromatic amines is 1. The summed E-state index contributed by atoms with van der Waals surface area (Å²) in [6, 6.07) is 7.13. The first kappa shape index (κ1) is 17.8. The van der Waals surface area contributed by atoms with Crippen LogP contribution in [-0.4, -0.2) is 33.5 Å². The van der Waals surface area contributed by atoms with Crippen molar-refractivity contribution in [2.24, 2.45) is 0 Å². The Bertz CT molecular complexity index is 868. The first-order valence-corrected chi connectivity index (χ1v) is 7.99. The number of nitrogens with zero attached hydrogens (tertiary/aromatic N) is 1. The second kappa shape index (κ2) is 7.49. The highest BCUT2D eigenvalue weighted by Crippen LogP contribution is 2.30. The molecule has 0 radical (unpaired) electrons. The summed E-state index contributed by atoms with van der Waals surface area (Å²) in [7, 11) is 0. The maximum atomic E-state index is 13.4. The second-order valence-electron chi connectivity index (χ2n) is 5.67. The quantitative estimate of drug-likeness (QED) is 0.824. The van der Waals surface area contributed by atoms with Gasteiger partial charge in [-0.05, 0) is 17.7 Å². The maximum Gasteiger partial charge on any atom is 0.330 e. The molecule has 2 heterocycles. The van der Waals surface area contributed by atoms with Crippen LogP contribution in [-0.2, 0) is 16.1 Å². The largest absolute Gasteiger partial charge is 0.394 e. The van der Waals surface area contributed by atoms with E-state index >= 15 is 0 Å². The maximum absolute atomic E-state index is 13.4. The first-order chi connectivity index (χ1) is 12.0. The van der Waals surface area contributed by atoms with Crippen molar-refractivity contribution in [2.45, 2.75) is 31.5 Å². The normalized spacial score (nSPS) is 23.1. The number of hydrogen-bond acceptors (Lipinski definition) is 5. The van der Waals surface area contributed by atoms with Gasteiger partial charge in [0.1, 0.15) is 12.3 Å². The number of H-pyrrole nitrogens is 1. The molecule has 0 bridgehead atoms. The van der Waals surface area contributed by atoms with E-state index in [1.54, 1.807) is 18.2 Å². The van der Waals surface area contributed by atoms with Crippen LogP contribution in [0.15, 0.2) is 40.1 Å². The lowest BCUT2D eigenvalue weighted by Crippen LogP contribution is -2.34. The predicted octanol–water partition coefficient (Wildman–Crippen LogP) is 1.19. The van der Waals surface area contributed by atoms with Gasteiger partial charge in [-0.3, -0.25) is 14.3 Å². The molecule has 1 fully saturated rings. The third-order valence-electron chi connectivity index (χ3n) is 3.95. The van der Waals surface area contributed by atoms with E-state index in [-0.39, 0.29) is 19.6 Å². The van der Waals surface area contributed by atoms with E-state index in [4.69, 9.17) is 21.1 Å². The van der Waals surface area contributed by atoms with Crippen LogP contribution in [0.4, 0.5) is 4.39 Å². The molecule has 2 aromatic rings. The Kier molecular flexibility index (Phi) is 5.33. The van der Waals surface area contributed by atoms with Crippen molar-refractivity contribution >= 4 is 11.6 Å². The van der Waals surface area contributed by atoms with Gasteiger partial charge in [0.15, 0.2) is 0 Å². The Morgan fingerprint density at radius 1 is 1.44 bits per heavy atom. The third-order valence-corrected chi connectivity index (χ3v) is 4.18. The summed E-state index contributed by atoms with van der Waals surface area (Å²) in [4.78, 5) is 24.8. The molecule has 0 spiro atoms. The number of halogens is 2. The number of rotatable bonds is 5. The molecule has 1 aromatic heterocycles. The zero-order valence-corrected chi connectivity index (χ0v) is 13.8. The van der Waals surface area contributed by atoms with Crippen molar-refractivity contribution in [3.8, 4) is 0 Å². The minimum Gasteiger partial charge on any atom is -0.394 e. The van der Waals surface area contributed by atoms with Gasteiger partial charge < -0.3 is 14.6 Å². The highest BCUT2D eigenvalue weighted by Gasteiger charge is 2.37. The van der Waals surface area contributed by atoms with Crippen LogP contribution < -0.4 is 11.2 Å². The third kappa shape index (κ3) is 3.98. The number of nitrogens with one attached hydrogen (secondary N) is 1. The van der Waals surface area contributed by atoms with Gasteiger partial charge in [0.25, 0.3) is 5.56 Å². The van der Waals surface area contributed by atoms with Crippen LogP contribution in [0.25, 0.3) is 0 Å². The van der Waals surface area contributed by atoms with Gasteiger partial charge in [0.2, 0.25) is 5.82 Å². The average molecular weight is 371 g/mol. The first-order valence-electron chi connectivity index (χ1n) is 7.61. The second-order valence-corrected chi connectivity index (χ2v) is 6.11. The zero-order valence-electron chi connectivity index (χ0n) is 13.0. The fraction of sp³-hybridized carbons (Fsp3) is 0.375. The van der Waals surface area contributed by atoms with Crippen LogP contribution in [0.2, 0.25) is 5.02 Å². The Morgan fingerprint density at radius 3 is 2.96 bits per heavy atom. The minimum atomic E-state index is -1.09. The van der Waals surface area contributed by atoms with Gasteiger partial charge >= 0.3 is 5.69 Å². The molecule has 1 aromatic carbocycles. The molecule has 0 amide bonds. The van der Waals surface area contributed by atoms with Crippen LogP contribution >= 0.6 is 11.6 Å². The Morgan fingerprint density at radius 2 is 2.24 bits per heavy atom. The molecular weight excluding hydrogens is 355 g/mol. The molecule has 7 nitrogen and oxygen atoms in total. The van der Waals surface area contributed by atoms with Crippen LogP contribution in [0.5, 0.6) is 0 Å². The molecule has 1 saturated heterocycles. The van der Waals surface area contributed by atoms with Gasteiger partial charge in [-0.25, -0.2) is 4.79 Å². The fourth-order valence-corrected chi connectivity index (χ4v) is 2.93. The molecule has 0 saturated carbocycles. The molecule has 1 aliphatic heterocycles. The van der Waals surface area contributed by atoms with E-state index < -0.39 is 35.5 Å². The van der Waals surface area contributed by atoms with Crippen molar-refractivity contribution in [1.82, 2.24) is 9.55 Å². The van der Waals surface area contributed by atoms with Gasteiger partial charge in [0.05, 0.1) is 25.5 Å². The fourth-order valence-electron chi connectivity index (χ4n) is 2.72. The lowest BCUT2D eigenvalue weighted by molar-refractivity contribution is -0.0659. The number of aliphatic hydroxyl groups excluding tert-OH is 1. The number of ether oxygens (including phenoxy) is 2. The number of benzene rings is 1. The lowest BCUT2D eigenvalue weighted by atomic mass is 10.1. The molecular formula is C16H16ClFN2O5.